The number of rotatable bonds is 6. The van der Waals surface area contributed by atoms with E-state index in [-0.39, 0.29) is 0 Å². The zero-order valence-corrected chi connectivity index (χ0v) is 10.9. The third kappa shape index (κ3) is 4.23. The van der Waals surface area contributed by atoms with E-state index >= 15 is 0 Å². The Morgan fingerprint density at radius 1 is 1.19 bits per heavy atom. The predicted octanol–water partition coefficient (Wildman–Crippen LogP) is 2.97. The van der Waals surface area contributed by atoms with Gasteiger partial charge in [0.05, 0.1) is 6.61 Å². The molecule has 0 fully saturated rings. The second-order valence-electron chi connectivity index (χ2n) is 4.40. The van der Waals surface area contributed by atoms with Gasteiger partial charge in [0.1, 0.15) is 5.75 Å². The molecule has 0 saturated carbocycles. The molecular formula is C14H23NO. The minimum absolute atomic E-state index is 0.614. The number of benzene rings is 1. The van der Waals surface area contributed by atoms with Gasteiger partial charge in [-0.25, -0.2) is 0 Å². The lowest BCUT2D eigenvalue weighted by molar-refractivity contribution is 0.277. The van der Waals surface area contributed by atoms with Gasteiger partial charge >= 0.3 is 0 Å². The van der Waals surface area contributed by atoms with Crippen molar-refractivity contribution in [3.63, 3.8) is 0 Å². The molecular weight excluding hydrogens is 198 g/mol. The Bertz CT molecular complexity index is 292. The van der Waals surface area contributed by atoms with E-state index in [1.807, 2.05) is 19.1 Å². The van der Waals surface area contributed by atoms with Crippen LogP contribution in [0.4, 0.5) is 0 Å². The van der Waals surface area contributed by atoms with Gasteiger partial charge < -0.3 is 9.64 Å². The third-order valence-corrected chi connectivity index (χ3v) is 2.87. The first-order valence-corrected chi connectivity index (χ1v) is 6.05. The smallest absolute Gasteiger partial charge is 0.119 e. The van der Waals surface area contributed by atoms with E-state index in [9.17, 15) is 0 Å². The summed E-state index contributed by atoms with van der Waals surface area (Å²) in [7, 11) is 2.17. The van der Waals surface area contributed by atoms with E-state index in [2.05, 4.69) is 37.9 Å². The molecule has 0 heterocycles. The molecule has 0 amide bonds. The van der Waals surface area contributed by atoms with Gasteiger partial charge in [-0.15, -0.1) is 0 Å². The summed E-state index contributed by atoms with van der Waals surface area (Å²) in [5, 5.41) is 0. The molecule has 0 bridgehead atoms. The van der Waals surface area contributed by atoms with Gasteiger partial charge in [-0.1, -0.05) is 12.1 Å². The topological polar surface area (TPSA) is 12.5 Å². The van der Waals surface area contributed by atoms with Crippen molar-refractivity contribution in [3.05, 3.63) is 29.8 Å². The summed E-state index contributed by atoms with van der Waals surface area (Å²) in [6.45, 7) is 8.28. The van der Waals surface area contributed by atoms with E-state index < -0.39 is 0 Å². The van der Waals surface area contributed by atoms with Gasteiger partial charge in [0.2, 0.25) is 0 Å². The monoisotopic (exact) mass is 221 g/mol. The molecule has 0 aliphatic rings. The standard InChI is InChI=1S/C14H23NO/c1-5-16-14-8-6-13(7-9-14)10-11-15(4)12(2)3/h6-9,12H,5,10-11H2,1-4H3. The van der Waals surface area contributed by atoms with Gasteiger partial charge in [0, 0.05) is 12.6 Å². The zero-order chi connectivity index (χ0) is 12.0. The van der Waals surface area contributed by atoms with Crippen molar-refractivity contribution < 1.29 is 4.74 Å². The first-order valence-electron chi connectivity index (χ1n) is 6.05. The number of hydrogen-bond acceptors (Lipinski definition) is 2. The molecule has 0 aliphatic heterocycles. The van der Waals surface area contributed by atoms with E-state index in [4.69, 9.17) is 4.74 Å². The van der Waals surface area contributed by atoms with Crippen molar-refractivity contribution in [2.75, 3.05) is 20.2 Å². The van der Waals surface area contributed by atoms with Crippen LogP contribution < -0.4 is 4.74 Å². The molecule has 1 rings (SSSR count). The second-order valence-corrected chi connectivity index (χ2v) is 4.40. The Morgan fingerprint density at radius 3 is 2.31 bits per heavy atom. The molecule has 2 nitrogen and oxygen atoms in total. The van der Waals surface area contributed by atoms with Crippen molar-refractivity contribution in [1.82, 2.24) is 4.90 Å². The number of likely N-dealkylation sites (N-methyl/N-ethyl adjacent to an activating group) is 1. The summed E-state index contributed by atoms with van der Waals surface area (Å²) in [5.41, 5.74) is 1.37. The minimum atomic E-state index is 0.614. The van der Waals surface area contributed by atoms with Crippen molar-refractivity contribution in [2.24, 2.45) is 0 Å². The molecule has 0 aliphatic carbocycles. The van der Waals surface area contributed by atoms with Crippen LogP contribution in [-0.4, -0.2) is 31.1 Å². The Balaban J connectivity index is 2.43. The van der Waals surface area contributed by atoms with E-state index in [1.165, 1.54) is 5.56 Å². The fraction of sp³-hybridized carbons (Fsp3) is 0.571. The van der Waals surface area contributed by atoms with Crippen LogP contribution in [0.3, 0.4) is 0 Å². The van der Waals surface area contributed by atoms with Crippen molar-refractivity contribution in [1.29, 1.82) is 0 Å². The van der Waals surface area contributed by atoms with E-state index in [0.717, 1.165) is 25.3 Å². The average molecular weight is 221 g/mol. The summed E-state index contributed by atoms with van der Waals surface area (Å²) in [6.07, 6.45) is 1.10. The maximum absolute atomic E-state index is 5.41. The summed E-state index contributed by atoms with van der Waals surface area (Å²) in [4.78, 5) is 2.36. The van der Waals surface area contributed by atoms with Gasteiger partial charge in [0.25, 0.3) is 0 Å². The maximum atomic E-state index is 5.41. The van der Waals surface area contributed by atoms with Crippen LogP contribution in [0.15, 0.2) is 24.3 Å². The molecule has 2 heteroatoms. The van der Waals surface area contributed by atoms with Crippen molar-refractivity contribution >= 4 is 0 Å². The van der Waals surface area contributed by atoms with Crippen LogP contribution in [0.2, 0.25) is 0 Å². The van der Waals surface area contributed by atoms with Gasteiger partial charge in [-0.05, 0) is 51.9 Å². The number of hydrogen-bond donors (Lipinski definition) is 0. The SMILES string of the molecule is CCOc1ccc(CCN(C)C(C)C)cc1. The van der Waals surface area contributed by atoms with Crippen LogP contribution in [0.5, 0.6) is 5.75 Å². The highest BCUT2D eigenvalue weighted by Crippen LogP contribution is 2.12. The van der Waals surface area contributed by atoms with Gasteiger partial charge in [-0.3, -0.25) is 0 Å². The molecule has 0 atom stereocenters. The normalized spacial score (nSPS) is 11.1. The van der Waals surface area contributed by atoms with Crippen LogP contribution in [0.25, 0.3) is 0 Å². The van der Waals surface area contributed by atoms with E-state index in [0.29, 0.717) is 6.04 Å². The van der Waals surface area contributed by atoms with Gasteiger partial charge in [0.15, 0.2) is 0 Å². The Morgan fingerprint density at radius 2 is 1.81 bits per heavy atom. The maximum Gasteiger partial charge on any atom is 0.119 e. The summed E-state index contributed by atoms with van der Waals surface area (Å²) < 4.78 is 5.41. The highest BCUT2D eigenvalue weighted by Gasteiger charge is 2.03. The van der Waals surface area contributed by atoms with Crippen molar-refractivity contribution in [3.8, 4) is 5.75 Å². The first-order chi connectivity index (χ1) is 7.63. The van der Waals surface area contributed by atoms with Crippen LogP contribution in [-0.2, 0) is 6.42 Å². The lowest BCUT2D eigenvalue weighted by Gasteiger charge is -2.20. The average Bonchev–Trinajstić information content (AvgIpc) is 2.28. The minimum Gasteiger partial charge on any atom is -0.494 e. The molecule has 0 radical (unpaired) electrons. The van der Waals surface area contributed by atoms with E-state index in [1.54, 1.807) is 0 Å². The Hall–Kier alpha value is -1.02. The highest BCUT2D eigenvalue weighted by atomic mass is 16.5. The molecule has 0 N–H and O–H groups in total. The molecule has 1 aromatic rings. The van der Waals surface area contributed by atoms with Crippen LogP contribution >= 0.6 is 0 Å². The molecule has 0 unspecified atom stereocenters. The van der Waals surface area contributed by atoms with Crippen LogP contribution in [0, 0.1) is 0 Å². The zero-order valence-electron chi connectivity index (χ0n) is 10.9. The first kappa shape index (κ1) is 13.0. The fourth-order valence-electron chi connectivity index (χ4n) is 1.48. The molecule has 0 saturated heterocycles. The lowest BCUT2D eigenvalue weighted by atomic mass is 10.1. The molecule has 16 heavy (non-hydrogen) atoms. The Labute approximate surface area is 99.2 Å². The molecule has 90 valence electrons. The summed E-state index contributed by atoms with van der Waals surface area (Å²) in [5.74, 6) is 0.962. The van der Waals surface area contributed by atoms with Crippen LogP contribution in [0.1, 0.15) is 26.3 Å². The molecule has 0 spiro atoms. The third-order valence-electron chi connectivity index (χ3n) is 2.87. The summed E-state index contributed by atoms with van der Waals surface area (Å²) >= 11 is 0. The largest absolute Gasteiger partial charge is 0.494 e. The second kappa shape index (κ2) is 6.54. The predicted molar refractivity (Wildman–Crippen MR) is 69.1 cm³/mol. The van der Waals surface area contributed by atoms with Crippen molar-refractivity contribution in [2.45, 2.75) is 33.2 Å². The summed E-state index contributed by atoms with van der Waals surface area (Å²) in [6, 6.07) is 9.02. The fourth-order valence-corrected chi connectivity index (χ4v) is 1.48. The molecule has 1 aromatic carbocycles. The Kier molecular flexibility index (Phi) is 5.33. The number of nitrogens with zero attached hydrogens (tertiary/aromatic N) is 1. The highest BCUT2D eigenvalue weighted by molar-refractivity contribution is 5.27. The molecule has 0 aromatic heterocycles. The van der Waals surface area contributed by atoms with Gasteiger partial charge in [-0.2, -0.15) is 0 Å². The quantitative estimate of drug-likeness (QED) is 0.732. The number of ether oxygens (including phenoxy) is 1. The lowest BCUT2D eigenvalue weighted by Crippen LogP contribution is -2.28.